The lowest BCUT2D eigenvalue weighted by molar-refractivity contribution is -0.138. The minimum atomic E-state index is -4.60. The van der Waals surface area contributed by atoms with Crippen LogP contribution in [-0.4, -0.2) is 30.0 Å². The maximum Gasteiger partial charge on any atom is 0.416 e. The molecule has 11 heteroatoms. The number of ketones is 1. The monoisotopic (exact) mass is 535 g/mol. The van der Waals surface area contributed by atoms with Gasteiger partial charge in [-0.1, -0.05) is 32.0 Å². The molecule has 0 saturated carbocycles. The summed E-state index contributed by atoms with van der Waals surface area (Å²) in [5.74, 6) is -1.25. The van der Waals surface area contributed by atoms with Gasteiger partial charge in [-0.3, -0.25) is 4.79 Å². The molecule has 0 radical (unpaired) electrons. The lowest BCUT2D eigenvalue weighted by atomic mass is 10.1. The molecule has 0 bridgehead atoms. The van der Waals surface area contributed by atoms with Gasteiger partial charge in [0.25, 0.3) is 0 Å². The number of fused-ring (bicyclic) bond motifs is 1. The number of hydrogen-bond acceptors (Lipinski definition) is 5. The second kappa shape index (κ2) is 10.7. The number of nitrogens with one attached hydrogen (secondary N) is 1. The Kier molecular flexibility index (Phi) is 8.06. The molecule has 0 atom stereocenters. The number of nitrogens with zero attached hydrogens (tertiary/aromatic N) is 2. The molecule has 4 aromatic rings. The van der Waals surface area contributed by atoms with Gasteiger partial charge in [0.05, 0.1) is 33.6 Å². The molecule has 0 fully saturated rings. The smallest absolute Gasteiger partial charge is 0.326 e. The van der Waals surface area contributed by atoms with Gasteiger partial charge in [0.2, 0.25) is 5.95 Å². The van der Waals surface area contributed by atoms with E-state index in [9.17, 15) is 30.8 Å². The van der Waals surface area contributed by atoms with Crippen molar-refractivity contribution < 1.29 is 30.8 Å². The maximum atomic E-state index is 14.4. The predicted molar refractivity (Wildman–Crippen MR) is 134 cm³/mol. The van der Waals surface area contributed by atoms with Crippen LogP contribution < -0.4 is 5.32 Å². The summed E-state index contributed by atoms with van der Waals surface area (Å²) in [5.41, 5.74) is -0.309. The predicted octanol–water partition coefficient (Wildman–Crippen LogP) is 6.62. The second-order valence-electron chi connectivity index (χ2n) is 7.97. The zero-order valence-electron chi connectivity index (χ0n) is 20.5. The van der Waals surface area contributed by atoms with Crippen LogP contribution in [0.1, 0.15) is 42.3 Å². The Morgan fingerprint density at radius 3 is 2.22 bits per heavy atom. The van der Waals surface area contributed by atoms with Crippen LogP contribution in [0.15, 0.2) is 65.6 Å². The molecule has 0 saturated heterocycles. The Bertz CT molecular complexity index is 1540. The third-order valence-electron chi connectivity index (χ3n) is 5.41. The van der Waals surface area contributed by atoms with Gasteiger partial charge in [-0.25, -0.2) is 17.8 Å². The van der Waals surface area contributed by atoms with Crippen LogP contribution in [0, 0.1) is 5.82 Å². The summed E-state index contributed by atoms with van der Waals surface area (Å²) in [6, 6.07) is 13.1. The van der Waals surface area contributed by atoms with Gasteiger partial charge in [-0.2, -0.15) is 13.2 Å². The molecule has 0 aliphatic rings. The number of aromatic nitrogens is 2. The van der Waals surface area contributed by atoms with E-state index in [0.29, 0.717) is 5.69 Å². The quantitative estimate of drug-likeness (QED) is 0.222. The topological polar surface area (TPSA) is 81.1 Å². The summed E-state index contributed by atoms with van der Waals surface area (Å²) in [4.78, 5) is 16.3. The molecule has 3 aromatic carbocycles. The fraction of sp³-hybridized carbons (Fsp3) is 0.231. The number of imidazole rings is 1. The minimum Gasteiger partial charge on any atom is -0.326 e. The molecule has 1 heterocycles. The van der Waals surface area contributed by atoms with E-state index in [1.807, 2.05) is 13.8 Å². The van der Waals surface area contributed by atoms with Crippen LogP contribution in [0.25, 0.3) is 11.0 Å². The zero-order chi connectivity index (χ0) is 27.5. The first-order valence-electron chi connectivity index (χ1n) is 11.3. The van der Waals surface area contributed by atoms with Crippen LogP contribution >= 0.6 is 0 Å². The number of rotatable bonds is 6. The Balaban J connectivity index is 0.00000186. The zero-order valence-corrected chi connectivity index (χ0v) is 21.3. The molecule has 6 nitrogen and oxygen atoms in total. The fourth-order valence-corrected chi connectivity index (χ4v) is 4.32. The number of Topliss-reactive ketones (excluding diaryl/α,β-unsaturated/α-hetero) is 1. The molecule has 0 aliphatic carbocycles. The van der Waals surface area contributed by atoms with Gasteiger partial charge in [-0.15, -0.1) is 0 Å². The Labute approximate surface area is 211 Å². The highest BCUT2D eigenvalue weighted by Crippen LogP contribution is 2.34. The largest absolute Gasteiger partial charge is 0.416 e. The number of carbonyl (C=O) groups excluding carboxylic acids is 1. The molecule has 1 N–H and O–H groups in total. The van der Waals surface area contributed by atoms with Crippen LogP contribution in [0.4, 0.5) is 29.2 Å². The van der Waals surface area contributed by atoms with Crippen molar-refractivity contribution in [2.24, 2.45) is 0 Å². The van der Waals surface area contributed by atoms with E-state index >= 15 is 0 Å². The van der Waals surface area contributed by atoms with Crippen LogP contribution in [0.2, 0.25) is 0 Å². The Morgan fingerprint density at radius 1 is 1.03 bits per heavy atom. The molecule has 0 aliphatic heterocycles. The molecular weight excluding hydrogens is 510 g/mol. The highest BCUT2D eigenvalue weighted by Gasteiger charge is 2.33. The van der Waals surface area contributed by atoms with E-state index < -0.39 is 33.2 Å². The van der Waals surface area contributed by atoms with Gasteiger partial charge >= 0.3 is 6.18 Å². The van der Waals surface area contributed by atoms with E-state index in [1.54, 1.807) is 0 Å². The highest BCUT2D eigenvalue weighted by atomic mass is 32.2. The number of alkyl halides is 3. The number of hydrogen-bond donors (Lipinski definition) is 1. The Hall–Kier alpha value is -3.73. The molecule has 0 amide bonds. The molecule has 0 unspecified atom stereocenters. The molecule has 0 spiro atoms. The molecular formula is C26H25F4N3O3S. The van der Waals surface area contributed by atoms with Crippen molar-refractivity contribution in [3.8, 4) is 0 Å². The first-order chi connectivity index (χ1) is 17.3. The first-order valence-corrected chi connectivity index (χ1v) is 13.2. The van der Waals surface area contributed by atoms with E-state index in [0.717, 1.165) is 18.4 Å². The van der Waals surface area contributed by atoms with Gasteiger partial charge in [-0.05, 0) is 48.9 Å². The van der Waals surface area contributed by atoms with Gasteiger partial charge in [0.15, 0.2) is 15.6 Å². The Morgan fingerprint density at radius 2 is 1.65 bits per heavy atom. The van der Waals surface area contributed by atoms with Crippen LogP contribution in [0.3, 0.4) is 0 Å². The minimum absolute atomic E-state index is 0.0523. The second-order valence-corrected chi connectivity index (χ2v) is 9.99. The lowest BCUT2D eigenvalue weighted by Crippen LogP contribution is -2.13. The van der Waals surface area contributed by atoms with Crippen molar-refractivity contribution in [2.45, 2.75) is 38.4 Å². The van der Waals surface area contributed by atoms with Gasteiger partial charge in [0, 0.05) is 18.0 Å². The van der Waals surface area contributed by atoms with E-state index in [4.69, 9.17) is 0 Å². The molecule has 4 rings (SSSR count). The van der Waals surface area contributed by atoms with Crippen molar-refractivity contribution in [1.29, 1.82) is 0 Å². The molecule has 37 heavy (non-hydrogen) atoms. The maximum absolute atomic E-state index is 14.4. The number of halogens is 4. The van der Waals surface area contributed by atoms with Crippen LogP contribution in [-0.2, 0) is 22.6 Å². The number of anilines is 2. The summed E-state index contributed by atoms with van der Waals surface area (Å²) >= 11 is 0. The summed E-state index contributed by atoms with van der Waals surface area (Å²) < 4.78 is 80.1. The van der Waals surface area contributed by atoms with Crippen molar-refractivity contribution in [3.05, 3.63) is 83.2 Å². The average Bonchev–Trinajstić information content (AvgIpc) is 3.14. The fourth-order valence-electron chi connectivity index (χ4n) is 3.69. The standard InChI is InChI=1S/C24H19F4N3O3S.C2H6/c1-14(32)18-11-22-21(12-20(18)25)30-23(29-16-7-9-17(10-8-16)35(2,33)34)31(22)13-15-5-3-4-6-19(15)24(26,27)28;1-2/h3-12H,13H2,1-2H3,(H,29,30);1-2H3. The van der Waals surface area contributed by atoms with Crippen molar-refractivity contribution >= 4 is 38.3 Å². The summed E-state index contributed by atoms with van der Waals surface area (Å²) in [6.45, 7) is 4.91. The molecule has 196 valence electrons. The summed E-state index contributed by atoms with van der Waals surface area (Å²) in [6.07, 6.45) is -3.53. The van der Waals surface area contributed by atoms with Gasteiger partial charge < -0.3 is 9.88 Å². The van der Waals surface area contributed by atoms with Gasteiger partial charge in [0.1, 0.15) is 5.82 Å². The van der Waals surface area contributed by atoms with E-state index in [2.05, 4.69) is 10.3 Å². The number of benzene rings is 3. The van der Waals surface area contributed by atoms with Crippen molar-refractivity contribution in [2.75, 3.05) is 11.6 Å². The molecule has 1 aromatic heterocycles. The SMILES string of the molecule is CC.CC(=O)c1cc2c(cc1F)nc(Nc1ccc(S(C)(=O)=O)cc1)n2Cc1ccccc1C(F)(F)F. The van der Waals surface area contributed by atoms with E-state index in [-0.39, 0.29) is 39.5 Å². The van der Waals surface area contributed by atoms with E-state index in [1.165, 1.54) is 60.0 Å². The highest BCUT2D eigenvalue weighted by molar-refractivity contribution is 7.90. The lowest BCUT2D eigenvalue weighted by Gasteiger charge is -2.16. The average molecular weight is 536 g/mol. The van der Waals surface area contributed by atoms with Crippen molar-refractivity contribution in [1.82, 2.24) is 9.55 Å². The first kappa shape index (κ1) is 27.9. The summed E-state index contributed by atoms with van der Waals surface area (Å²) in [5, 5.41) is 2.96. The third-order valence-corrected chi connectivity index (χ3v) is 6.53. The summed E-state index contributed by atoms with van der Waals surface area (Å²) in [7, 11) is -3.43. The third kappa shape index (κ3) is 6.16. The van der Waals surface area contributed by atoms with Crippen molar-refractivity contribution in [3.63, 3.8) is 0 Å². The normalized spacial score (nSPS) is 11.7. The van der Waals surface area contributed by atoms with Crippen LogP contribution in [0.5, 0.6) is 0 Å². The number of carbonyl (C=O) groups is 1. The number of sulfone groups is 1.